The van der Waals surface area contributed by atoms with Gasteiger partial charge in [-0.25, -0.2) is 4.68 Å². The SMILES string of the molecule is Cc1cc(C(F)(F)F)n(-c2ccc(C(=O)Nc3ccc(Cl)cc3)cc2N)n1. The molecule has 27 heavy (non-hydrogen) atoms. The highest BCUT2D eigenvalue weighted by Crippen LogP contribution is 2.33. The summed E-state index contributed by atoms with van der Waals surface area (Å²) in [5.74, 6) is -0.455. The molecule has 3 N–H and O–H groups in total. The number of alkyl halides is 3. The molecule has 3 rings (SSSR count). The summed E-state index contributed by atoms with van der Waals surface area (Å²) in [7, 11) is 0. The number of nitrogen functional groups attached to an aromatic ring is 1. The van der Waals surface area contributed by atoms with Crippen LogP contribution in [0.2, 0.25) is 5.02 Å². The van der Waals surface area contributed by atoms with Crippen LogP contribution >= 0.6 is 11.6 Å². The first-order valence-electron chi connectivity index (χ1n) is 7.76. The van der Waals surface area contributed by atoms with Gasteiger partial charge in [0.25, 0.3) is 5.91 Å². The van der Waals surface area contributed by atoms with Gasteiger partial charge in [-0.15, -0.1) is 0 Å². The van der Waals surface area contributed by atoms with E-state index >= 15 is 0 Å². The molecule has 0 atom stereocenters. The Morgan fingerprint density at radius 1 is 1.15 bits per heavy atom. The van der Waals surface area contributed by atoms with E-state index in [1.807, 2.05) is 0 Å². The van der Waals surface area contributed by atoms with Gasteiger partial charge >= 0.3 is 6.18 Å². The van der Waals surface area contributed by atoms with Crippen LogP contribution in [-0.2, 0) is 6.18 Å². The van der Waals surface area contributed by atoms with Crippen LogP contribution in [-0.4, -0.2) is 15.7 Å². The van der Waals surface area contributed by atoms with Gasteiger partial charge in [-0.2, -0.15) is 18.3 Å². The lowest BCUT2D eigenvalue weighted by Gasteiger charge is -2.13. The Bertz CT molecular complexity index is 997. The standard InChI is InChI=1S/C18H14ClF3N4O/c1-10-8-16(18(20,21)22)26(25-10)15-7-2-11(9-14(15)23)17(27)24-13-5-3-12(19)4-6-13/h2-9H,23H2,1H3,(H,24,27). The predicted octanol–water partition coefficient (Wildman–Crippen LogP) is 4.69. The number of anilines is 2. The number of carbonyl (C=O) groups excluding carboxylic acids is 1. The third-order valence-electron chi connectivity index (χ3n) is 3.74. The minimum atomic E-state index is -4.58. The summed E-state index contributed by atoms with van der Waals surface area (Å²) in [4.78, 5) is 12.3. The van der Waals surface area contributed by atoms with Crippen molar-refractivity contribution in [2.24, 2.45) is 0 Å². The van der Waals surface area contributed by atoms with Crippen molar-refractivity contribution in [3.63, 3.8) is 0 Å². The van der Waals surface area contributed by atoms with Crippen molar-refractivity contribution in [3.8, 4) is 5.69 Å². The number of hydrogen-bond donors (Lipinski definition) is 2. The molecule has 0 aliphatic carbocycles. The molecule has 0 radical (unpaired) electrons. The van der Waals surface area contributed by atoms with E-state index in [1.165, 1.54) is 25.1 Å². The monoisotopic (exact) mass is 394 g/mol. The number of halogens is 4. The highest BCUT2D eigenvalue weighted by atomic mass is 35.5. The zero-order chi connectivity index (χ0) is 19.8. The molecule has 0 fully saturated rings. The average Bonchev–Trinajstić information content (AvgIpc) is 2.98. The number of nitrogens with one attached hydrogen (secondary N) is 1. The van der Waals surface area contributed by atoms with Crippen molar-refractivity contribution < 1.29 is 18.0 Å². The second-order valence-corrected chi connectivity index (χ2v) is 6.25. The Morgan fingerprint density at radius 3 is 2.41 bits per heavy atom. The van der Waals surface area contributed by atoms with Crippen LogP contribution in [0.4, 0.5) is 24.5 Å². The normalized spacial score (nSPS) is 11.4. The quantitative estimate of drug-likeness (QED) is 0.633. The van der Waals surface area contributed by atoms with Crippen LogP contribution in [0.5, 0.6) is 0 Å². The van der Waals surface area contributed by atoms with E-state index in [1.54, 1.807) is 24.3 Å². The lowest BCUT2D eigenvalue weighted by atomic mass is 10.1. The minimum absolute atomic E-state index is 0.00708. The fourth-order valence-corrected chi connectivity index (χ4v) is 2.64. The number of amides is 1. The van der Waals surface area contributed by atoms with E-state index < -0.39 is 17.8 Å². The number of nitrogens with zero attached hydrogens (tertiary/aromatic N) is 2. The maximum Gasteiger partial charge on any atom is 0.433 e. The summed E-state index contributed by atoms with van der Waals surface area (Å²) in [6.45, 7) is 1.45. The Hall–Kier alpha value is -3.00. The highest BCUT2D eigenvalue weighted by Gasteiger charge is 2.36. The number of aryl methyl sites for hydroxylation is 1. The molecule has 0 aliphatic heterocycles. The van der Waals surface area contributed by atoms with Gasteiger partial charge in [0.15, 0.2) is 0 Å². The van der Waals surface area contributed by atoms with E-state index in [0.29, 0.717) is 10.7 Å². The predicted molar refractivity (Wildman–Crippen MR) is 97.1 cm³/mol. The van der Waals surface area contributed by atoms with Crippen LogP contribution in [0.1, 0.15) is 21.7 Å². The summed E-state index contributed by atoms with van der Waals surface area (Å²) in [5.41, 5.74) is 5.91. The topological polar surface area (TPSA) is 72.9 Å². The highest BCUT2D eigenvalue weighted by molar-refractivity contribution is 6.30. The third-order valence-corrected chi connectivity index (χ3v) is 3.99. The summed E-state index contributed by atoms with van der Waals surface area (Å²) >= 11 is 5.79. The van der Waals surface area contributed by atoms with Crippen LogP contribution < -0.4 is 11.1 Å². The lowest BCUT2D eigenvalue weighted by Crippen LogP contribution is -2.16. The summed E-state index contributed by atoms with van der Waals surface area (Å²) in [5, 5.41) is 7.04. The largest absolute Gasteiger partial charge is 0.433 e. The summed E-state index contributed by atoms with van der Waals surface area (Å²) in [6.07, 6.45) is -4.58. The van der Waals surface area contributed by atoms with Gasteiger partial charge in [0.2, 0.25) is 0 Å². The molecule has 9 heteroatoms. The van der Waals surface area contributed by atoms with Crippen molar-refractivity contribution in [2.45, 2.75) is 13.1 Å². The zero-order valence-electron chi connectivity index (χ0n) is 14.0. The molecule has 0 spiro atoms. The number of hydrogen-bond acceptors (Lipinski definition) is 3. The second-order valence-electron chi connectivity index (χ2n) is 5.82. The fraction of sp³-hybridized carbons (Fsp3) is 0.111. The van der Waals surface area contributed by atoms with Crippen LogP contribution in [0, 0.1) is 6.92 Å². The Balaban J connectivity index is 1.90. The van der Waals surface area contributed by atoms with E-state index in [4.69, 9.17) is 17.3 Å². The summed E-state index contributed by atoms with van der Waals surface area (Å²) in [6, 6.07) is 11.4. The third kappa shape index (κ3) is 4.06. The molecular formula is C18H14ClF3N4O. The maximum absolute atomic E-state index is 13.2. The second kappa shape index (κ2) is 6.96. The minimum Gasteiger partial charge on any atom is -0.397 e. The number of nitrogens with two attached hydrogens (primary N) is 1. The number of rotatable bonds is 3. The van der Waals surface area contributed by atoms with Crippen molar-refractivity contribution in [1.82, 2.24) is 9.78 Å². The van der Waals surface area contributed by atoms with Gasteiger partial charge < -0.3 is 11.1 Å². The van der Waals surface area contributed by atoms with E-state index in [9.17, 15) is 18.0 Å². The van der Waals surface area contributed by atoms with Gasteiger partial charge in [-0.05, 0) is 55.5 Å². The molecule has 2 aromatic carbocycles. The molecule has 1 amide bonds. The van der Waals surface area contributed by atoms with Gasteiger partial charge in [-0.1, -0.05) is 11.6 Å². The lowest BCUT2D eigenvalue weighted by molar-refractivity contribution is -0.142. The molecule has 0 aliphatic rings. The van der Waals surface area contributed by atoms with E-state index in [-0.39, 0.29) is 22.6 Å². The molecule has 140 valence electrons. The molecule has 1 heterocycles. The molecule has 5 nitrogen and oxygen atoms in total. The number of aromatic nitrogens is 2. The Labute approximate surface area is 157 Å². The molecule has 0 saturated heterocycles. The van der Waals surface area contributed by atoms with Gasteiger partial charge in [0.05, 0.1) is 17.1 Å². The molecule has 1 aromatic heterocycles. The maximum atomic E-state index is 13.2. The molecule has 0 unspecified atom stereocenters. The number of benzene rings is 2. The van der Waals surface area contributed by atoms with Crippen LogP contribution in [0.3, 0.4) is 0 Å². The first kappa shape index (κ1) is 18.8. The zero-order valence-corrected chi connectivity index (χ0v) is 14.8. The average molecular weight is 395 g/mol. The molecular weight excluding hydrogens is 381 g/mol. The number of carbonyl (C=O) groups is 1. The first-order chi connectivity index (χ1) is 12.6. The summed E-state index contributed by atoms with van der Waals surface area (Å²) < 4.78 is 40.3. The van der Waals surface area contributed by atoms with Crippen molar-refractivity contribution in [1.29, 1.82) is 0 Å². The smallest absolute Gasteiger partial charge is 0.397 e. The van der Waals surface area contributed by atoms with Crippen LogP contribution in [0.15, 0.2) is 48.5 Å². The van der Waals surface area contributed by atoms with Crippen molar-refractivity contribution in [2.75, 3.05) is 11.1 Å². The first-order valence-corrected chi connectivity index (χ1v) is 8.13. The van der Waals surface area contributed by atoms with Gasteiger partial charge in [0, 0.05) is 16.3 Å². The Kier molecular flexibility index (Phi) is 4.84. The molecule has 0 saturated carbocycles. The van der Waals surface area contributed by atoms with Crippen molar-refractivity contribution >= 4 is 28.9 Å². The molecule has 3 aromatic rings. The Morgan fingerprint density at radius 2 is 1.81 bits per heavy atom. The van der Waals surface area contributed by atoms with Gasteiger partial charge in [-0.3, -0.25) is 4.79 Å². The van der Waals surface area contributed by atoms with E-state index in [2.05, 4.69) is 10.4 Å². The van der Waals surface area contributed by atoms with Crippen molar-refractivity contribution in [3.05, 3.63) is 70.5 Å². The van der Waals surface area contributed by atoms with E-state index in [0.717, 1.165) is 10.7 Å². The van der Waals surface area contributed by atoms with Gasteiger partial charge in [0.1, 0.15) is 5.69 Å². The van der Waals surface area contributed by atoms with Crippen LogP contribution in [0.25, 0.3) is 5.69 Å². The fourth-order valence-electron chi connectivity index (χ4n) is 2.51. The molecule has 0 bridgehead atoms.